The van der Waals surface area contributed by atoms with E-state index in [-0.39, 0.29) is 6.10 Å². The molecule has 0 aliphatic carbocycles. The molecule has 2 rings (SSSR count). The summed E-state index contributed by atoms with van der Waals surface area (Å²) in [5.74, 6) is 0.0663. The lowest BCUT2D eigenvalue weighted by atomic mass is 9.85. The van der Waals surface area contributed by atoms with Gasteiger partial charge in [-0.1, -0.05) is 6.07 Å². The highest BCUT2D eigenvalue weighted by Gasteiger charge is 2.44. The Labute approximate surface area is 117 Å². The highest BCUT2D eigenvalue weighted by molar-refractivity contribution is 6.28. The molecule has 2 N–H and O–H groups in total. The van der Waals surface area contributed by atoms with Crippen LogP contribution in [0.5, 0.6) is 5.88 Å². The first kappa shape index (κ1) is 14.6. The monoisotopic (exact) mass is 277 g/mol. The van der Waals surface area contributed by atoms with Crippen molar-refractivity contribution in [1.29, 1.82) is 0 Å². The second-order valence-electron chi connectivity index (χ2n) is 5.26. The van der Waals surface area contributed by atoms with Crippen LogP contribution in [0, 0.1) is 0 Å². The van der Waals surface area contributed by atoms with Crippen molar-refractivity contribution in [3.05, 3.63) is 23.9 Å². The molecule has 0 bridgehead atoms. The Kier molecular flexibility index (Phi) is 4.15. The third-order valence-corrected chi connectivity index (χ3v) is 3.43. The molecule has 2 unspecified atom stereocenters. The van der Waals surface area contributed by atoms with Crippen LogP contribution in [0.1, 0.15) is 26.3 Å². The first-order valence-corrected chi connectivity index (χ1v) is 6.58. The highest BCUT2D eigenvalue weighted by atomic mass is 16.5. The van der Waals surface area contributed by atoms with E-state index in [1.807, 2.05) is 26.8 Å². The molecule has 0 radical (unpaired) electrons. The Morgan fingerprint density at radius 2 is 2.30 bits per heavy atom. The quantitative estimate of drug-likeness (QED) is 0.598. The lowest BCUT2D eigenvalue weighted by Gasteiger charge is -2.29. The molecule has 1 aliphatic heterocycles. The van der Waals surface area contributed by atoms with Crippen LogP contribution in [0.4, 0.5) is 0 Å². The number of carbonyl (C=O) groups excluding carboxylic acids is 2. The number of carbonyl (C=O) groups is 2. The van der Waals surface area contributed by atoms with Crippen molar-refractivity contribution in [2.45, 2.75) is 38.5 Å². The van der Waals surface area contributed by atoms with Crippen LogP contribution in [0.2, 0.25) is 0 Å². The van der Waals surface area contributed by atoms with E-state index in [1.54, 1.807) is 12.3 Å². The molecule has 6 heteroatoms. The highest BCUT2D eigenvalue weighted by Crippen LogP contribution is 2.28. The third-order valence-electron chi connectivity index (χ3n) is 3.43. The molecule has 0 amide bonds. The van der Waals surface area contributed by atoms with Crippen molar-refractivity contribution >= 4 is 12.1 Å². The minimum atomic E-state index is -0.651. The average Bonchev–Trinajstić information content (AvgIpc) is 2.81. The van der Waals surface area contributed by atoms with Crippen LogP contribution in [-0.2, 0) is 15.1 Å². The summed E-state index contributed by atoms with van der Waals surface area (Å²) in [5, 5.41) is 6.20. The van der Waals surface area contributed by atoms with Crippen LogP contribution in [0.25, 0.3) is 0 Å². The molecule has 1 fully saturated rings. The lowest BCUT2D eigenvalue weighted by molar-refractivity contribution is -0.131. The summed E-state index contributed by atoms with van der Waals surface area (Å²) in [5.41, 5.74) is 0.181. The molecular formula is C14H19N3O3. The fourth-order valence-corrected chi connectivity index (χ4v) is 2.36. The van der Waals surface area contributed by atoms with Crippen LogP contribution in [0.3, 0.4) is 0 Å². The number of ether oxygens (including phenoxy) is 1. The van der Waals surface area contributed by atoms with Crippen molar-refractivity contribution in [3.8, 4) is 5.88 Å². The molecule has 2 heterocycles. The Morgan fingerprint density at radius 3 is 2.85 bits per heavy atom. The second-order valence-corrected chi connectivity index (χ2v) is 5.26. The number of aldehydes is 1. The number of hydrogen-bond acceptors (Lipinski definition) is 6. The Hall–Kier alpha value is -1.79. The van der Waals surface area contributed by atoms with E-state index in [0.717, 1.165) is 5.56 Å². The number of pyridine rings is 1. The Balaban J connectivity index is 2.25. The van der Waals surface area contributed by atoms with Crippen molar-refractivity contribution in [3.63, 3.8) is 0 Å². The molecule has 0 saturated carbocycles. The second kappa shape index (κ2) is 5.68. The summed E-state index contributed by atoms with van der Waals surface area (Å²) >= 11 is 0. The molecule has 1 aromatic rings. The molecular weight excluding hydrogens is 258 g/mol. The van der Waals surface area contributed by atoms with Gasteiger partial charge in [-0.25, -0.2) is 4.98 Å². The molecule has 1 aliphatic rings. The summed E-state index contributed by atoms with van der Waals surface area (Å²) in [4.78, 5) is 26.7. The predicted octanol–water partition coefficient (Wildman–Crippen LogP) is 0.371. The number of hydrogen-bond donors (Lipinski definition) is 2. The predicted molar refractivity (Wildman–Crippen MR) is 73.4 cm³/mol. The maximum Gasteiger partial charge on any atom is 0.214 e. The first-order valence-electron chi connectivity index (χ1n) is 6.58. The maximum absolute atomic E-state index is 11.7. The van der Waals surface area contributed by atoms with E-state index in [9.17, 15) is 9.59 Å². The molecule has 2 atom stereocenters. The number of aromatic nitrogens is 1. The van der Waals surface area contributed by atoms with Crippen molar-refractivity contribution in [1.82, 2.24) is 15.6 Å². The van der Waals surface area contributed by atoms with E-state index in [1.165, 1.54) is 0 Å². The van der Waals surface area contributed by atoms with Gasteiger partial charge in [0.05, 0.1) is 17.7 Å². The fraction of sp³-hybridized carbons (Fsp3) is 0.500. The van der Waals surface area contributed by atoms with Gasteiger partial charge in [0.2, 0.25) is 11.7 Å². The minimum Gasteiger partial charge on any atom is -0.475 e. The normalized spacial score (nSPS) is 25.7. The van der Waals surface area contributed by atoms with Gasteiger partial charge in [-0.05, 0) is 26.3 Å². The fourth-order valence-electron chi connectivity index (χ4n) is 2.36. The topological polar surface area (TPSA) is 80.3 Å². The number of rotatable bonds is 5. The third kappa shape index (κ3) is 2.71. The van der Waals surface area contributed by atoms with E-state index in [2.05, 4.69) is 15.6 Å². The van der Waals surface area contributed by atoms with Gasteiger partial charge in [0.25, 0.3) is 0 Å². The summed E-state index contributed by atoms with van der Waals surface area (Å²) in [6.07, 6.45) is 2.08. The van der Waals surface area contributed by atoms with Crippen LogP contribution >= 0.6 is 0 Å². The van der Waals surface area contributed by atoms with E-state index >= 15 is 0 Å². The maximum atomic E-state index is 11.7. The molecule has 6 nitrogen and oxygen atoms in total. The molecule has 0 aromatic carbocycles. The van der Waals surface area contributed by atoms with Crippen LogP contribution in [-0.4, -0.2) is 35.9 Å². The number of ketones is 1. The number of nitrogens with one attached hydrogen (secondary N) is 2. The zero-order valence-electron chi connectivity index (χ0n) is 11.8. The smallest absolute Gasteiger partial charge is 0.214 e. The van der Waals surface area contributed by atoms with Gasteiger partial charge in [-0.2, -0.15) is 0 Å². The van der Waals surface area contributed by atoms with Gasteiger partial charge in [0.1, 0.15) is 0 Å². The average molecular weight is 277 g/mol. The van der Waals surface area contributed by atoms with E-state index in [0.29, 0.717) is 18.8 Å². The largest absolute Gasteiger partial charge is 0.475 e. The molecule has 20 heavy (non-hydrogen) atoms. The number of Topliss-reactive ketones (excluding diaryl/α,β-unsaturated/α-hetero) is 1. The summed E-state index contributed by atoms with van der Waals surface area (Å²) in [6, 6.07) is 3.04. The molecule has 108 valence electrons. The zero-order chi connectivity index (χ0) is 14.8. The SMILES string of the molecule is CC(C)Oc1ccc(C2(C)NCNC2C(=O)C=O)cn1. The van der Waals surface area contributed by atoms with E-state index in [4.69, 9.17) is 4.74 Å². The molecule has 1 saturated heterocycles. The van der Waals surface area contributed by atoms with Gasteiger partial charge in [0, 0.05) is 18.9 Å². The van der Waals surface area contributed by atoms with Gasteiger partial charge >= 0.3 is 0 Å². The standard InChI is InChI=1S/C14H19N3O3/c1-9(2)20-12-5-4-10(6-15-12)14(3)13(11(19)7-18)16-8-17-14/h4-7,9,13,16-17H,8H2,1-3H3. The van der Waals surface area contributed by atoms with Gasteiger partial charge in [0.15, 0.2) is 6.29 Å². The molecule has 1 aromatic heterocycles. The van der Waals surface area contributed by atoms with E-state index < -0.39 is 17.4 Å². The van der Waals surface area contributed by atoms with Gasteiger partial charge < -0.3 is 4.74 Å². The zero-order valence-corrected chi connectivity index (χ0v) is 11.8. The Bertz CT molecular complexity index is 501. The van der Waals surface area contributed by atoms with Gasteiger partial charge in [-0.3, -0.25) is 20.2 Å². The van der Waals surface area contributed by atoms with Crippen molar-refractivity contribution in [2.24, 2.45) is 0 Å². The minimum absolute atomic E-state index is 0.0552. The first-order chi connectivity index (χ1) is 9.47. The van der Waals surface area contributed by atoms with Crippen LogP contribution < -0.4 is 15.4 Å². The van der Waals surface area contributed by atoms with Crippen molar-refractivity contribution in [2.75, 3.05) is 6.67 Å². The summed E-state index contributed by atoms with van der Waals surface area (Å²) in [7, 11) is 0. The molecule has 0 spiro atoms. The van der Waals surface area contributed by atoms with Crippen LogP contribution in [0.15, 0.2) is 18.3 Å². The summed E-state index contributed by atoms with van der Waals surface area (Å²) < 4.78 is 5.49. The number of nitrogens with zero attached hydrogens (tertiary/aromatic N) is 1. The lowest BCUT2D eigenvalue weighted by Crippen LogP contribution is -2.48. The van der Waals surface area contributed by atoms with Crippen molar-refractivity contribution < 1.29 is 14.3 Å². The summed E-state index contributed by atoms with van der Waals surface area (Å²) in [6.45, 7) is 6.19. The Morgan fingerprint density at radius 1 is 1.55 bits per heavy atom. The van der Waals surface area contributed by atoms with Gasteiger partial charge in [-0.15, -0.1) is 0 Å².